The average molecular weight is 427 g/mol. The quantitative estimate of drug-likeness (QED) is 0.493. The summed E-state index contributed by atoms with van der Waals surface area (Å²) in [5.41, 5.74) is 3.20. The Morgan fingerprint density at radius 2 is 1.90 bits per heavy atom. The normalized spacial score (nSPS) is 15.8. The molecule has 30 heavy (non-hydrogen) atoms. The molecule has 0 spiro atoms. The van der Waals surface area contributed by atoms with E-state index in [0.29, 0.717) is 41.1 Å². The first-order chi connectivity index (χ1) is 14.5. The number of esters is 1. The fraction of sp³-hybridized carbons (Fsp3) is 0.304. The number of methoxy groups -OCH3 is 1. The van der Waals surface area contributed by atoms with Gasteiger partial charge in [-0.2, -0.15) is 0 Å². The van der Waals surface area contributed by atoms with Gasteiger partial charge in [-0.15, -0.1) is 0 Å². The fourth-order valence-electron chi connectivity index (χ4n) is 3.33. The summed E-state index contributed by atoms with van der Waals surface area (Å²) in [6, 6.07) is 15.3. The van der Waals surface area contributed by atoms with Crippen LogP contribution in [0.5, 0.6) is 11.5 Å². The van der Waals surface area contributed by atoms with Crippen LogP contribution in [0, 0.1) is 0 Å². The molecule has 2 aromatic rings. The van der Waals surface area contributed by atoms with Gasteiger partial charge >= 0.3 is 5.97 Å². The highest BCUT2D eigenvalue weighted by Gasteiger charge is 2.31. The molecule has 1 heterocycles. The van der Waals surface area contributed by atoms with E-state index in [9.17, 15) is 4.79 Å². The first kappa shape index (κ1) is 21.6. The van der Waals surface area contributed by atoms with Crippen LogP contribution in [-0.2, 0) is 16.0 Å². The molecule has 6 nitrogen and oxygen atoms in total. The lowest BCUT2D eigenvalue weighted by atomic mass is 9.95. The van der Waals surface area contributed by atoms with Gasteiger partial charge in [0.2, 0.25) is 0 Å². The molecule has 1 aliphatic heterocycles. The second-order valence-electron chi connectivity index (χ2n) is 6.78. The van der Waals surface area contributed by atoms with Crippen molar-refractivity contribution in [2.75, 3.05) is 20.3 Å². The monoisotopic (exact) mass is 426 g/mol. The second kappa shape index (κ2) is 10.1. The number of ether oxygens (including phenoxy) is 3. The lowest BCUT2D eigenvalue weighted by Gasteiger charge is -2.30. The molecule has 0 bridgehead atoms. The molecule has 1 unspecified atom stereocenters. The molecule has 1 aliphatic rings. The Hall–Kier alpha value is -3.06. The highest BCUT2D eigenvalue weighted by Crippen LogP contribution is 2.34. The largest absolute Gasteiger partial charge is 0.493 e. The van der Waals surface area contributed by atoms with Crippen molar-refractivity contribution in [3.63, 3.8) is 0 Å². The Kier molecular flexibility index (Phi) is 7.30. The molecule has 2 N–H and O–H groups in total. The minimum absolute atomic E-state index is 0.296. The van der Waals surface area contributed by atoms with Gasteiger partial charge in [0.05, 0.1) is 31.9 Å². The van der Waals surface area contributed by atoms with Gasteiger partial charge in [0.25, 0.3) is 0 Å². The van der Waals surface area contributed by atoms with Crippen LogP contribution in [0.2, 0.25) is 0 Å². The molecule has 0 saturated carbocycles. The molecule has 0 aromatic heterocycles. The summed E-state index contributed by atoms with van der Waals surface area (Å²) in [5.74, 6) is 0.851. The smallest absolute Gasteiger partial charge is 0.338 e. The summed E-state index contributed by atoms with van der Waals surface area (Å²) in [5, 5.41) is 6.60. The van der Waals surface area contributed by atoms with Gasteiger partial charge < -0.3 is 24.8 Å². The van der Waals surface area contributed by atoms with Crippen LogP contribution in [0.1, 0.15) is 31.0 Å². The maximum Gasteiger partial charge on any atom is 0.338 e. The number of allylic oxidation sites excluding steroid dienone is 1. The highest BCUT2D eigenvalue weighted by atomic mass is 32.1. The van der Waals surface area contributed by atoms with Crippen molar-refractivity contribution >= 4 is 23.3 Å². The van der Waals surface area contributed by atoms with Crippen LogP contribution in [0.25, 0.3) is 0 Å². The van der Waals surface area contributed by atoms with Crippen molar-refractivity contribution < 1.29 is 19.0 Å². The number of rotatable bonds is 8. The van der Waals surface area contributed by atoms with Crippen LogP contribution in [0.3, 0.4) is 0 Å². The Morgan fingerprint density at radius 3 is 2.60 bits per heavy atom. The molecule has 158 valence electrons. The molecule has 0 radical (unpaired) electrons. The van der Waals surface area contributed by atoms with Gasteiger partial charge in [-0.1, -0.05) is 36.4 Å². The van der Waals surface area contributed by atoms with E-state index >= 15 is 0 Å². The van der Waals surface area contributed by atoms with Crippen molar-refractivity contribution in [3.8, 4) is 11.5 Å². The minimum Gasteiger partial charge on any atom is -0.493 e. The van der Waals surface area contributed by atoms with Crippen LogP contribution in [0.15, 0.2) is 59.8 Å². The van der Waals surface area contributed by atoms with E-state index in [4.69, 9.17) is 26.4 Å². The number of carbonyl (C=O) groups is 1. The summed E-state index contributed by atoms with van der Waals surface area (Å²) < 4.78 is 16.7. The third-order valence-corrected chi connectivity index (χ3v) is 5.00. The molecular formula is C23H26N2O4S. The van der Waals surface area contributed by atoms with E-state index in [1.165, 1.54) is 5.56 Å². The molecule has 3 rings (SSSR count). The summed E-state index contributed by atoms with van der Waals surface area (Å²) >= 11 is 5.29. The SMILES string of the molecule is CCOC(=O)C1=C(C)NC(=S)NC1c1ccc(OCCc2ccccc2)c(OC)c1. The Morgan fingerprint density at radius 1 is 1.13 bits per heavy atom. The molecule has 0 aliphatic carbocycles. The standard InChI is InChI=1S/C23H26N2O4S/c1-4-28-22(26)20-15(2)24-23(30)25-21(20)17-10-11-18(19(14-17)27-3)29-13-12-16-8-6-5-7-9-16/h5-11,14,21H,4,12-13H2,1-3H3,(H2,24,25,30). The third kappa shape index (κ3) is 5.10. The fourth-order valence-corrected chi connectivity index (χ4v) is 3.60. The number of nitrogens with one attached hydrogen (secondary N) is 2. The second-order valence-corrected chi connectivity index (χ2v) is 7.19. The van der Waals surface area contributed by atoms with E-state index < -0.39 is 6.04 Å². The topological polar surface area (TPSA) is 68.8 Å². The Labute approximate surface area is 182 Å². The predicted octanol–water partition coefficient (Wildman–Crippen LogP) is 3.67. The third-order valence-electron chi connectivity index (χ3n) is 4.78. The minimum atomic E-state index is -0.440. The first-order valence-corrected chi connectivity index (χ1v) is 10.2. The number of hydrogen-bond donors (Lipinski definition) is 2. The predicted molar refractivity (Wildman–Crippen MR) is 120 cm³/mol. The summed E-state index contributed by atoms with van der Waals surface area (Å²) in [7, 11) is 1.59. The summed E-state index contributed by atoms with van der Waals surface area (Å²) in [4.78, 5) is 12.5. The zero-order chi connectivity index (χ0) is 21.5. The van der Waals surface area contributed by atoms with E-state index in [0.717, 1.165) is 12.0 Å². The van der Waals surface area contributed by atoms with Gasteiger partial charge in [0.1, 0.15) is 0 Å². The Bertz CT molecular complexity index is 943. The molecule has 2 aromatic carbocycles. The van der Waals surface area contributed by atoms with Gasteiger partial charge in [-0.05, 0) is 49.3 Å². The van der Waals surface area contributed by atoms with Gasteiger partial charge in [0.15, 0.2) is 16.6 Å². The van der Waals surface area contributed by atoms with Gasteiger partial charge in [0, 0.05) is 12.1 Å². The number of carbonyl (C=O) groups excluding carboxylic acids is 1. The van der Waals surface area contributed by atoms with Crippen molar-refractivity contribution in [3.05, 3.63) is 70.9 Å². The van der Waals surface area contributed by atoms with Gasteiger partial charge in [-0.25, -0.2) is 4.79 Å². The van der Waals surface area contributed by atoms with Crippen LogP contribution in [-0.4, -0.2) is 31.4 Å². The maximum absolute atomic E-state index is 12.5. The number of thiocarbonyl (C=S) groups is 1. The van der Waals surface area contributed by atoms with Crippen molar-refractivity contribution in [1.29, 1.82) is 0 Å². The zero-order valence-electron chi connectivity index (χ0n) is 17.4. The van der Waals surface area contributed by atoms with Crippen molar-refractivity contribution in [2.24, 2.45) is 0 Å². The van der Waals surface area contributed by atoms with E-state index in [1.807, 2.05) is 43.3 Å². The molecule has 0 amide bonds. The lowest BCUT2D eigenvalue weighted by molar-refractivity contribution is -0.139. The highest BCUT2D eigenvalue weighted by molar-refractivity contribution is 7.80. The average Bonchev–Trinajstić information content (AvgIpc) is 2.74. The van der Waals surface area contributed by atoms with E-state index in [2.05, 4.69) is 22.8 Å². The maximum atomic E-state index is 12.5. The Balaban J connectivity index is 1.80. The molecule has 0 fully saturated rings. The van der Waals surface area contributed by atoms with Crippen molar-refractivity contribution in [2.45, 2.75) is 26.3 Å². The summed E-state index contributed by atoms with van der Waals surface area (Å²) in [6.45, 7) is 4.42. The van der Waals surface area contributed by atoms with Gasteiger partial charge in [-0.3, -0.25) is 0 Å². The van der Waals surface area contributed by atoms with Crippen molar-refractivity contribution in [1.82, 2.24) is 10.6 Å². The van der Waals surface area contributed by atoms with Crippen LogP contribution < -0.4 is 20.1 Å². The summed E-state index contributed by atoms with van der Waals surface area (Å²) in [6.07, 6.45) is 0.796. The molecule has 7 heteroatoms. The van der Waals surface area contributed by atoms with Crippen LogP contribution in [0.4, 0.5) is 0 Å². The van der Waals surface area contributed by atoms with E-state index in [1.54, 1.807) is 14.0 Å². The molecule has 0 saturated heterocycles. The molecular weight excluding hydrogens is 400 g/mol. The number of hydrogen-bond acceptors (Lipinski definition) is 5. The molecule has 1 atom stereocenters. The zero-order valence-corrected chi connectivity index (χ0v) is 18.2. The first-order valence-electron chi connectivity index (χ1n) is 9.83. The number of benzene rings is 2. The van der Waals surface area contributed by atoms with E-state index in [-0.39, 0.29) is 5.97 Å². The van der Waals surface area contributed by atoms with Crippen LogP contribution >= 0.6 is 12.2 Å². The lowest BCUT2D eigenvalue weighted by Crippen LogP contribution is -2.45.